The first-order chi connectivity index (χ1) is 12.6. The minimum absolute atomic E-state index is 0.119. The van der Waals surface area contributed by atoms with Gasteiger partial charge in [-0.15, -0.1) is 10.2 Å². The summed E-state index contributed by atoms with van der Waals surface area (Å²) in [4.78, 5) is 14.2. The van der Waals surface area contributed by atoms with E-state index in [1.165, 1.54) is 0 Å². The number of carbonyl (C=O) groups is 1. The van der Waals surface area contributed by atoms with Gasteiger partial charge in [0.2, 0.25) is 11.8 Å². The first kappa shape index (κ1) is 18.2. The van der Waals surface area contributed by atoms with Crippen molar-refractivity contribution >= 4 is 23.2 Å². The number of furan rings is 1. The topological polar surface area (TPSA) is 84.4 Å². The van der Waals surface area contributed by atoms with E-state index in [4.69, 9.17) is 20.4 Å². The molecule has 0 bridgehead atoms. The van der Waals surface area contributed by atoms with E-state index in [9.17, 15) is 4.79 Å². The molecule has 3 rings (SSSR count). The standard InChI is InChI=1S/C18H19ClN4O3/c1-2-9-23(11-16(24)20-14-7-5-13(19)6-8-14)12-17-21-22-18(26-17)15-4-3-10-25-15/h3-8,10H,2,9,11-12H2,1H3,(H,20,24). The normalized spacial score (nSPS) is 11.0. The number of hydrogen-bond donors (Lipinski definition) is 1. The van der Waals surface area contributed by atoms with Crippen molar-refractivity contribution in [2.75, 3.05) is 18.4 Å². The van der Waals surface area contributed by atoms with Gasteiger partial charge >= 0.3 is 0 Å². The third-order valence-corrected chi connectivity index (χ3v) is 3.84. The van der Waals surface area contributed by atoms with E-state index in [0.717, 1.165) is 13.0 Å². The molecule has 0 radical (unpaired) electrons. The van der Waals surface area contributed by atoms with Crippen LogP contribution in [-0.2, 0) is 11.3 Å². The third kappa shape index (κ3) is 4.93. The van der Waals surface area contributed by atoms with E-state index in [2.05, 4.69) is 15.5 Å². The molecule has 0 fully saturated rings. The summed E-state index contributed by atoms with van der Waals surface area (Å²) in [7, 11) is 0. The van der Waals surface area contributed by atoms with Crippen LogP contribution in [0.25, 0.3) is 11.7 Å². The fraction of sp³-hybridized carbons (Fsp3) is 0.278. The van der Waals surface area contributed by atoms with Gasteiger partial charge < -0.3 is 14.2 Å². The Morgan fingerprint density at radius 3 is 2.73 bits per heavy atom. The largest absolute Gasteiger partial charge is 0.459 e. The maximum absolute atomic E-state index is 12.3. The molecule has 2 aromatic heterocycles. The Balaban J connectivity index is 1.59. The highest BCUT2D eigenvalue weighted by Crippen LogP contribution is 2.18. The summed E-state index contributed by atoms with van der Waals surface area (Å²) in [6.07, 6.45) is 2.44. The number of carbonyl (C=O) groups excluding carboxylic acids is 1. The zero-order chi connectivity index (χ0) is 18.4. The van der Waals surface area contributed by atoms with E-state index in [1.807, 2.05) is 11.8 Å². The molecule has 0 saturated carbocycles. The van der Waals surface area contributed by atoms with Gasteiger partial charge in [-0.25, -0.2) is 0 Å². The van der Waals surface area contributed by atoms with Gasteiger partial charge in [0.05, 0.1) is 19.4 Å². The number of rotatable bonds is 8. The van der Waals surface area contributed by atoms with Crippen molar-refractivity contribution in [3.8, 4) is 11.7 Å². The van der Waals surface area contributed by atoms with E-state index in [0.29, 0.717) is 34.8 Å². The van der Waals surface area contributed by atoms with Crippen LogP contribution in [0.1, 0.15) is 19.2 Å². The molecule has 1 N–H and O–H groups in total. The van der Waals surface area contributed by atoms with Crippen molar-refractivity contribution < 1.29 is 13.6 Å². The highest BCUT2D eigenvalue weighted by Gasteiger charge is 2.16. The second-order valence-electron chi connectivity index (χ2n) is 5.74. The third-order valence-electron chi connectivity index (χ3n) is 3.59. The maximum Gasteiger partial charge on any atom is 0.283 e. The molecule has 0 saturated heterocycles. The molecule has 0 aliphatic heterocycles. The molecule has 3 aromatic rings. The lowest BCUT2D eigenvalue weighted by Gasteiger charge is -2.19. The van der Waals surface area contributed by atoms with Crippen LogP contribution in [0.15, 0.2) is 51.5 Å². The maximum atomic E-state index is 12.3. The van der Waals surface area contributed by atoms with Gasteiger partial charge in [0.1, 0.15) is 0 Å². The van der Waals surface area contributed by atoms with Gasteiger partial charge in [0.15, 0.2) is 5.76 Å². The first-order valence-corrected chi connectivity index (χ1v) is 8.66. The van der Waals surface area contributed by atoms with Crippen molar-refractivity contribution in [2.45, 2.75) is 19.9 Å². The lowest BCUT2D eigenvalue weighted by atomic mass is 10.3. The molecule has 2 heterocycles. The summed E-state index contributed by atoms with van der Waals surface area (Å²) in [6, 6.07) is 10.5. The fourth-order valence-corrected chi connectivity index (χ4v) is 2.60. The van der Waals surface area contributed by atoms with Gasteiger partial charge in [0, 0.05) is 10.7 Å². The average Bonchev–Trinajstić information content (AvgIpc) is 3.28. The van der Waals surface area contributed by atoms with Crippen LogP contribution < -0.4 is 5.32 Å². The average molecular weight is 375 g/mol. The molecule has 0 atom stereocenters. The minimum Gasteiger partial charge on any atom is -0.459 e. The second kappa shape index (κ2) is 8.64. The van der Waals surface area contributed by atoms with Crippen LogP contribution in [0.5, 0.6) is 0 Å². The van der Waals surface area contributed by atoms with Crippen LogP contribution in [-0.4, -0.2) is 34.1 Å². The summed E-state index contributed by atoms with van der Waals surface area (Å²) in [5, 5.41) is 11.5. The summed E-state index contributed by atoms with van der Waals surface area (Å²) in [6.45, 7) is 3.38. The summed E-state index contributed by atoms with van der Waals surface area (Å²) < 4.78 is 10.9. The van der Waals surface area contributed by atoms with Gasteiger partial charge in [-0.1, -0.05) is 18.5 Å². The Morgan fingerprint density at radius 2 is 2.04 bits per heavy atom. The van der Waals surface area contributed by atoms with Gasteiger partial charge in [-0.3, -0.25) is 9.69 Å². The van der Waals surface area contributed by atoms with Crippen molar-refractivity contribution in [1.29, 1.82) is 0 Å². The highest BCUT2D eigenvalue weighted by atomic mass is 35.5. The van der Waals surface area contributed by atoms with E-state index in [-0.39, 0.29) is 12.5 Å². The zero-order valence-corrected chi connectivity index (χ0v) is 15.1. The number of amides is 1. The molecule has 1 aromatic carbocycles. The number of anilines is 1. The van der Waals surface area contributed by atoms with E-state index >= 15 is 0 Å². The molecule has 8 heteroatoms. The van der Waals surface area contributed by atoms with Gasteiger partial charge in [0.25, 0.3) is 5.89 Å². The number of aromatic nitrogens is 2. The number of hydrogen-bond acceptors (Lipinski definition) is 6. The molecule has 0 aliphatic carbocycles. The molecular weight excluding hydrogens is 356 g/mol. The summed E-state index contributed by atoms with van der Waals surface area (Å²) in [5.41, 5.74) is 0.703. The Labute approximate surface area is 156 Å². The van der Waals surface area contributed by atoms with Crippen LogP contribution in [0.2, 0.25) is 5.02 Å². The minimum atomic E-state index is -0.119. The summed E-state index contributed by atoms with van der Waals surface area (Å²) in [5.74, 6) is 1.16. The van der Waals surface area contributed by atoms with E-state index in [1.54, 1.807) is 42.7 Å². The van der Waals surface area contributed by atoms with Crippen molar-refractivity contribution in [3.05, 3.63) is 53.6 Å². The van der Waals surface area contributed by atoms with E-state index < -0.39 is 0 Å². The Kier molecular flexibility index (Phi) is 6.04. The number of nitrogens with one attached hydrogen (secondary N) is 1. The van der Waals surface area contributed by atoms with Crippen LogP contribution in [0, 0.1) is 0 Å². The molecule has 136 valence electrons. The predicted octanol–water partition coefficient (Wildman–Crippen LogP) is 3.83. The Bertz CT molecular complexity index is 831. The molecule has 0 spiro atoms. The molecule has 7 nitrogen and oxygen atoms in total. The van der Waals surface area contributed by atoms with Crippen molar-refractivity contribution in [1.82, 2.24) is 15.1 Å². The van der Waals surface area contributed by atoms with Gasteiger partial charge in [-0.05, 0) is 49.4 Å². The van der Waals surface area contributed by atoms with Crippen LogP contribution >= 0.6 is 11.6 Å². The van der Waals surface area contributed by atoms with Crippen molar-refractivity contribution in [2.24, 2.45) is 0 Å². The van der Waals surface area contributed by atoms with Gasteiger partial charge in [-0.2, -0.15) is 0 Å². The summed E-state index contributed by atoms with van der Waals surface area (Å²) >= 11 is 5.85. The molecule has 0 aliphatic rings. The fourth-order valence-electron chi connectivity index (χ4n) is 2.48. The van der Waals surface area contributed by atoms with Crippen LogP contribution in [0.4, 0.5) is 5.69 Å². The highest BCUT2D eigenvalue weighted by molar-refractivity contribution is 6.30. The molecule has 1 amide bonds. The van der Waals surface area contributed by atoms with Crippen molar-refractivity contribution in [3.63, 3.8) is 0 Å². The Morgan fingerprint density at radius 1 is 1.23 bits per heavy atom. The molecular formula is C18H19ClN4O3. The predicted molar refractivity (Wildman–Crippen MR) is 97.6 cm³/mol. The monoisotopic (exact) mass is 374 g/mol. The van der Waals surface area contributed by atoms with Crippen LogP contribution in [0.3, 0.4) is 0 Å². The molecule has 0 unspecified atom stereocenters. The Hall–Kier alpha value is -2.64. The lowest BCUT2D eigenvalue weighted by Crippen LogP contribution is -2.33. The zero-order valence-electron chi connectivity index (χ0n) is 14.3. The second-order valence-corrected chi connectivity index (χ2v) is 6.18. The first-order valence-electron chi connectivity index (χ1n) is 8.28. The quantitative estimate of drug-likeness (QED) is 0.645. The number of nitrogens with zero attached hydrogens (tertiary/aromatic N) is 3. The SMILES string of the molecule is CCCN(CC(=O)Nc1ccc(Cl)cc1)Cc1nnc(-c2ccco2)o1. The smallest absolute Gasteiger partial charge is 0.283 e. The number of halogens is 1. The lowest BCUT2D eigenvalue weighted by molar-refractivity contribution is -0.117. The molecule has 26 heavy (non-hydrogen) atoms. The number of benzene rings is 1.